The van der Waals surface area contributed by atoms with Crippen LogP contribution < -0.4 is 0 Å². The number of nitrogens with zero attached hydrogens (tertiary/aromatic N) is 3. The maximum atomic E-state index is 12.9. The van der Waals surface area contributed by atoms with E-state index in [1.807, 2.05) is 44.2 Å². The predicted molar refractivity (Wildman–Crippen MR) is 106 cm³/mol. The van der Waals surface area contributed by atoms with Crippen molar-refractivity contribution in [3.8, 4) is 11.4 Å². The van der Waals surface area contributed by atoms with Crippen molar-refractivity contribution < 1.29 is 9.32 Å². The number of rotatable bonds is 6. The summed E-state index contributed by atoms with van der Waals surface area (Å²) in [6.45, 7) is 8.16. The van der Waals surface area contributed by atoms with Gasteiger partial charge < -0.3 is 9.42 Å². The average molecular weight is 382 g/mol. The van der Waals surface area contributed by atoms with Crippen LogP contribution in [0.25, 0.3) is 11.4 Å². The summed E-state index contributed by atoms with van der Waals surface area (Å²) >= 11 is 6.15. The van der Waals surface area contributed by atoms with Crippen LogP contribution in [0, 0.1) is 13.8 Å². The minimum atomic E-state index is -0.174. The van der Waals surface area contributed by atoms with Gasteiger partial charge in [0.1, 0.15) is 6.54 Å². The summed E-state index contributed by atoms with van der Waals surface area (Å²) in [6.07, 6.45) is 1.66. The van der Waals surface area contributed by atoms with E-state index in [2.05, 4.69) is 16.7 Å². The molecule has 2 aromatic carbocycles. The molecule has 0 saturated heterocycles. The quantitative estimate of drug-likeness (QED) is 0.573. The number of carbonyl (C=O) groups excluding carboxylic acids is 1. The fourth-order valence-corrected chi connectivity index (χ4v) is 2.85. The summed E-state index contributed by atoms with van der Waals surface area (Å²) in [4.78, 5) is 18.9. The van der Waals surface area contributed by atoms with E-state index in [1.165, 1.54) is 0 Å². The second-order valence-electron chi connectivity index (χ2n) is 6.32. The molecule has 3 aromatic rings. The molecule has 5 nitrogen and oxygen atoms in total. The largest absolute Gasteiger partial charge is 0.337 e. The molecular formula is C21H20ClN3O2. The van der Waals surface area contributed by atoms with Crippen molar-refractivity contribution in [2.24, 2.45) is 0 Å². The van der Waals surface area contributed by atoms with E-state index in [4.69, 9.17) is 16.1 Å². The first kappa shape index (κ1) is 18.9. The lowest BCUT2D eigenvalue weighted by molar-refractivity contribution is 0.0745. The number of hydrogen-bond acceptors (Lipinski definition) is 4. The summed E-state index contributed by atoms with van der Waals surface area (Å²) in [5.74, 6) is 0.685. The van der Waals surface area contributed by atoms with Gasteiger partial charge in [0.2, 0.25) is 11.7 Å². The van der Waals surface area contributed by atoms with Gasteiger partial charge in [0.05, 0.1) is 0 Å². The summed E-state index contributed by atoms with van der Waals surface area (Å²) in [5, 5.41) is 4.58. The van der Waals surface area contributed by atoms with Crippen LogP contribution in [0.4, 0.5) is 0 Å². The molecule has 0 bridgehead atoms. The fourth-order valence-electron chi connectivity index (χ4n) is 2.67. The molecule has 1 amide bonds. The van der Waals surface area contributed by atoms with Crippen LogP contribution in [0.1, 0.15) is 27.4 Å². The van der Waals surface area contributed by atoms with Crippen LogP contribution in [0.3, 0.4) is 0 Å². The Morgan fingerprint density at radius 1 is 1.26 bits per heavy atom. The van der Waals surface area contributed by atoms with Crippen LogP contribution in [0.15, 0.2) is 59.6 Å². The molecule has 0 aliphatic carbocycles. The molecule has 6 heteroatoms. The SMILES string of the molecule is C=CCN(Cc1nc(-c2cccc(C)c2)no1)C(=O)c1ccc(C)c(Cl)c1. The first-order valence-corrected chi connectivity index (χ1v) is 8.91. The van der Waals surface area contributed by atoms with Crippen molar-refractivity contribution in [1.29, 1.82) is 0 Å². The zero-order valence-electron chi connectivity index (χ0n) is 15.3. The molecule has 0 fully saturated rings. The highest BCUT2D eigenvalue weighted by Gasteiger charge is 2.19. The first-order valence-electron chi connectivity index (χ1n) is 8.54. The van der Waals surface area contributed by atoms with Gasteiger partial charge in [0.15, 0.2) is 0 Å². The Labute approximate surface area is 163 Å². The van der Waals surface area contributed by atoms with E-state index in [1.54, 1.807) is 23.1 Å². The molecule has 0 atom stereocenters. The summed E-state index contributed by atoms with van der Waals surface area (Å²) in [7, 11) is 0. The number of carbonyl (C=O) groups is 1. The number of aryl methyl sites for hydroxylation is 2. The Hall–Kier alpha value is -2.92. The van der Waals surface area contributed by atoms with Gasteiger partial charge in [-0.2, -0.15) is 4.98 Å². The van der Waals surface area contributed by atoms with Crippen molar-refractivity contribution in [2.45, 2.75) is 20.4 Å². The maximum Gasteiger partial charge on any atom is 0.254 e. The molecule has 0 spiro atoms. The fraction of sp³-hybridized carbons (Fsp3) is 0.190. The zero-order valence-corrected chi connectivity index (χ0v) is 16.0. The van der Waals surface area contributed by atoms with E-state index >= 15 is 0 Å². The smallest absolute Gasteiger partial charge is 0.254 e. The molecular weight excluding hydrogens is 362 g/mol. The Morgan fingerprint density at radius 3 is 2.78 bits per heavy atom. The van der Waals surface area contributed by atoms with Crippen LogP contribution >= 0.6 is 11.6 Å². The van der Waals surface area contributed by atoms with Crippen molar-refractivity contribution >= 4 is 17.5 Å². The Balaban J connectivity index is 1.81. The minimum absolute atomic E-state index is 0.174. The third-order valence-corrected chi connectivity index (χ3v) is 4.53. The molecule has 0 saturated carbocycles. The normalized spacial score (nSPS) is 10.6. The van der Waals surface area contributed by atoms with Gasteiger partial charge in [-0.3, -0.25) is 4.79 Å². The lowest BCUT2D eigenvalue weighted by atomic mass is 10.1. The monoisotopic (exact) mass is 381 g/mol. The zero-order chi connectivity index (χ0) is 19.4. The molecule has 0 aliphatic rings. The first-order chi connectivity index (χ1) is 13.0. The van der Waals surface area contributed by atoms with Crippen LogP contribution in [-0.2, 0) is 6.54 Å². The van der Waals surface area contributed by atoms with E-state index < -0.39 is 0 Å². The third-order valence-electron chi connectivity index (χ3n) is 4.13. The third kappa shape index (κ3) is 4.44. The lowest BCUT2D eigenvalue weighted by Gasteiger charge is -2.19. The average Bonchev–Trinajstić information content (AvgIpc) is 3.12. The second kappa shape index (κ2) is 8.18. The van der Waals surface area contributed by atoms with Crippen molar-refractivity contribution in [3.05, 3.63) is 82.7 Å². The van der Waals surface area contributed by atoms with Crippen molar-refractivity contribution in [1.82, 2.24) is 15.0 Å². The molecule has 1 heterocycles. The molecule has 27 heavy (non-hydrogen) atoms. The van der Waals surface area contributed by atoms with E-state index in [-0.39, 0.29) is 12.5 Å². The second-order valence-corrected chi connectivity index (χ2v) is 6.73. The van der Waals surface area contributed by atoms with Gasteiger partial charge in [-0.1, -0.05) is 52.7 Å². The Kier molecular flexibility index (Phi) is 5.72. The maximum absolute atomic E-state index is 12.9. The minimum Gasteiger partial charge on any atom is -0.337 e. The molecule has 1 aromatic heterocycles. The molecule has 0 radical (unpaired) electrons. The van der Waals surface area contributed by atoms with Gasteiger partial charge in [-0.15, -0.1) is 6.58 Å². The molecule has 3 rings (SSSR count). The van der Waals surface area contributed by atoms with E-state index in [0.717, 1.165) is 16.7 Å². The van der Waals surface area contributed by atoms with Crippen molar-refractivity contribution in [3.63, 3.8) is 0 Å². The van der Waals surface area contributed by atoms with Crippen LogP contribution in [0.2, 0.25) is 5.02 Å². The number of hydrogen-bond donors (Lipinski definition) is 0. The molecule has 138 valence electrons. The number of benzene rings is 2. The van der Waals surface area contributed by atoms with Crippen LogP contribution in [-0.4, -0.2) is 27.5 Å². The Bertz CT molecular complexity index is 981. The summed E-state index contributed by atoms with van der Waals surface area (Å²) < 4.78 is 5.35. The predicted octanol–water partition coefficient (Wildman–Crippen LogP) is 4.84. The van der Waals surface area contributed by atoms with E-state index in [0.29, 0.717) is 28.8 Å². The van der Waals surface area contributed by atoms with Gasteiger partial charge in [0.25, 0.3) is 5.91 Å². The molecule has 0 unspecified atom stereocenters. The van der Waals surface area contributed by atoms with Crippen molar-refractivity contribution in [2.75, 3.05) is 6.54 Å². The highest BCUT2D eigenvalue weighted by Crippen LogP contribution is 2.20. The molecule has 0 aliphatic heterocycles. The number of halogens is 1. The standard InChI is InChI=1S/C21H20ClN3O2/c1-4-10-25(21(26)17-9-8-15(3)18(22)12-17)13-19-23-20(24-27-19)16-7-5-6-14(2)11-16/h4-9,11-12H,1,10,13H2,2-3H3. The van der Waals surface area contributed by atoms with Gasteiger partial charge >= 0.3 is 0 Å². The van der Waals surface area contributed by atoms with Crippen LogP contribution in [0.5, 0.6) is 0 Å². The summed E-state index contributed by atoms with van der Waals surface area (Å²) in [5.41, 5.74) is 3.41. The highest BCUT2D eigenvalue weighted by atomic mass is 35.5. The van der Waals surface area contributed by atoms with E-state index in [9.17, 15) is 4.79 Å². The van der Waals surface area contributed by atoms with Gasteiger partial charge in [-0.25, -0.2) is 0 Å². The Morgan fingerprint density at radius 2 is 2.07 bits per heavy atom. The van der Waals surface area contributed by atoms with Gasteiger partial charge in [0, 0.05) is 22.7 Å². The molecule has 0 N–H and O–H groups in total. The highest BCUT2D eigenvalue weighted by molar-refractivity contribution is 6.31. The summed E-state index contributed by atoms with van der Waals surface area (Å²) in [6, 6.07) is 13.1. The van der Waals surface area contributed by atoms with Gasteiger partial charge in [-0.05, 0) is 37.6 Å². The topological polar surface area (TPSA) is 59.2 Å². The lowest BCUT2D eigenvalue weighted by Crippen LogP contribution is -2.30. The number of aromatic nitrogens is 2. The number of amides is 1.